The molecule has 1 saturated heterocycles. The standard InChI is InChI=1S/C16H18Cl2N2O2/c17-14-11-16(18)20(21)15-10-12(4-5-13(14)15)22-9-3-8-19-6-1-2-7-19/h4-5,10-11H,1-3,6-9H2. The van der Waals surface area contributed by atoms with Gasteiger partial charge in [0.15, 0.2) is 0 Å². The van der Waals surface area contributed by atoms with Crippen molar-refractivity contribution in [3.63, 3.8) is 0 Å². The quantitative estimate of drug-likeness (QED) is 0.361. The lowest BCUT2D eigenvalue weighted by Gasteiger charge is -2.14. The van der Waals surface area contributed by atoms with Crippen molar-refractivity contribution in [2.24, 2.45) is 0 Å². The van der Waals surface area contributed by atoms with Crippen LogP contribution >= 0.6 is 23.2 Å². The van der Waals surface area contributed by atoms with Gasteiger partial charge < -0.3 is 14.8 Å². The summed E-state index contributed by atoms with van der Waals surface area (Å²) in [5.74, 6) is 0.664. The van der Waals surface area contributed by atoms with Crippen LogP contribution in [-0.2, 0) is 0 Å². The first-order valence-corrected chi connectivity index (χ1v) is 8.27. The fourth-order valence-corrected chi connectivity index (χ4v) is 3.33. The number of hydrogen-bond acceptors (Lipinski definition) is 3. The van der Waals surface area contributed by atoms with E-state index in [0.717, 1.165) is 13.0 Å². The highest BCUT2D eigenvalue weighted by atomic mass is 35.5. The molecule has 0 aliphatic carbocycles. The molecule has 1 aliphatic heterocycles. The molecule has 1 aromatic heterocycles. The van der Waals surface area contributed by atoms with Crippen LogP contribution in [0.25, 0.3) is 10.9 Å². The van der Waals surface area contributed by atoms with E-state index in [4.69, 9.17) is 27.9 Å². The van der Waals surface area contributed by atoms with Crippen molar-refractivity contribution in [2.45, 2.75) is 19.3 Å². The van der Waals surface area contributed by atoms with Gasteiger partial charge >= 0.3 is 0 Å². The predicted molar refractivity (Wildman–Crippen MR) is 88.7 cm³/mol. The Morgan fingerprint density at radius 2 is 1.95 bits per heavy atom. The highest BCUT2D eigenvalue weighted by molar-refractivity contribution is 6.37. The molecule has 0 bridgehead atoms. The summed E-state index contributed by atoms with van der Waals surface area (Å²) in [4.78, 5) is 2.45. The zero-order valence-corrected chi connectivity index (χ0v) is 13.7. The molecule has 0 atom stereocenters. The zero-order chi connectivity index (χ0) is 15.5. The van der Waals surface area contributed by atoms with Gasteiger partial charge in [0.2, 0.25) is 5.52 Å². The summed E-state index contributed by atoms with van der Waals surface area (Å²) >= 11 is 12.0. The third-order valence-electron chi connectivity index (χ3n) is 3.97. The summed E-state index contributed by atoms with van der Waals surface area (Å²) in [6, 6.07) is 6.77. The van der Waals surface area contributed by atoms with E-state index in [2.05, 4.69) is 4.90 Å². The van der Waals surface area contributed by atoms with Crippen LogP contribution in [0, 0.1) is 5.21 Å². The minimum Gasteiger partial charge on any atom is -0.617 e. The molecule has 0 N–H and O–H groups in total. The molecular weight excluding hydrogens is 323 g/mol. The number of hydrogen-bond donors (Lipinski definition) is 0. The molecule has 2 heterocycles. The lowest BCUT2D eigenvalue weighted by Crippen LogP contribution is -2.28. The Balaban J connectivity index is 1.65. The number of benzene rings is 1. The topological polar surface area (TPSA) is 39.4 Å². The Bertz CT molecular complexity index is 673. The molecule has 1 aliphatic rings. The highest BCUT2D eigenvalue weighted by Gasteiger charge is 2.14. The lowest BCUT2D eigenvalue weighted by atomic mass is 10.2. The Kier molecular flexibility index (Phi) is 4.91. The molecule has 6 heteroatoms. The summed E-state index contributed by atoms with van der Waals surface area (Å²) in [5, 5.41) is 13.2. The fraction of sp³-hybridized carbons (Fsp3) is 0.438. The first kappa shape index (κ1) is 15.7. The van der Waals surface area contributed by atoms with E-state index in [0.29, 0.717) is 33.0 Å². The van der Waals surface area contributed by atoms with Crippen molar-refractivity contribution in [1.29, 1.82) is 0 Å². The van der Waals surface area contributed by atoms with Crippen LogP contribution in [0.15, 0.2) is 24.3 Å². The molecule has 2 aromatic rings. The molecule has 0 unspecified atom stereocenters. The van der Waals surface area contributed by atoms with E-state index < -0.39 is 0 Å². The van der Waals surface area contributed by atoms with Crippen LogP contribution in [0.4, 0.5) is 0 Å². The molecule has 1 fully saturated rings. The SMILES string of the molecule is [O-][n+]1c(Cl)cc(Cl)c2ccc(OCCCN3CCCC3)cc21. The van der Waals surface area contributed by atoms with Crippen molar-refractivity contribution in [1.82, 2.24) is 4.90 Å². The Morgan fingerprint density at radius 3 is 2.73 bits per heavy atom. The minimum absolute atomic E-state index is 0.0590. The molecular formula is C16H18Cl2N2O2. The minimum atomic E-state index is 0.0590. The van der Waals surface area contributed by atoms with Gasteiger partial charge in [-0.3, -0.25) is 0 Å². The fourth-order valence-electron chi connectivity index (χ4n) is 2.81. The number of rotatable bonds is 5. The van der Waals surface area contributed by atoms with Gasteiger partial charge in [0.05, 0.1) is 23.1 Å². The van der Waals surface area contributed by atoms with Crippen molar-refractivity contribution >= 4 is 34.1 Å². The average molecular weight is 341 g/mol. The largest absolute Gasteiger partial charge is 0.617 e. The van der Waals surface area contributed by atoms with E-state index in [1.165, 1.54) is 32.0 Å². The maximum Gasteiger partial charge on any atom is 0.288 e. The van der Waals surface area contributed by atoms with E-state index in [-0.39, 0.29) is 5.15 Å². The van der Waals surface area contributed by atoms with Crippen molar-refractivity contribution in [3.8, 4) is 5.75 Å². The average Bonchev–Trinajstić information content (AvgIpc) is 3.02. The maximum atomic E-state index is 12.0. The van der Waals surface area contributed by atoms with Gasteiger partial charge in [-0.05, 0) is 56.1 Å². The Labute approximate surface area is 139 Å². The van der Waals surface area contributed by atoms with Crippen LogP contribution < -0.4 is 9.47 Å². The number of halogens is 2. The van der Waals surface area contributed by atoms with E-state index in [1.54, 1.807) is 12.1 Å². The Hall–Kier alpha value is -1.23. The summed E-state index contributed by atoms with van der Waals surface area (Å²) in [6.45, 7) is 4.09. The second kappa shape index (κ2) is 6.90. The second-order valence-corrected chi connectivity index (χ2v) is 6.33. The number of ether oxygens (including phenoxy) is 1. The summed E-state index contributed by atoms with van der Waals surface area (Å²) in [5.41, 5.74) is 0.426. The van der Waals surface area contributed by atoms with Crippen LogP contribution in [0.3, 0.4) is 0 Å². The number of fused-ring (bicyclic) bond motifs is 1. The van der Waals surface area contributed by atoms with Gasteiger partial charge in [-0.25, -0.2) is 0 Å². The van der Waals surface area contributed by atoms with Gasteiger partial charge in [0, 0.05) is 12.6 Å². The van der Waals surface area contributed by atoms with E-state index in [1.807, 2.05) is 6.07 Å². The summed E-state index contributed by atoms with van der Waals surface area (Å²) in [6.07, 6.45) is 3.58. The number of aromatic nitrogens is 1. The van der Waals surface area contributed by atoms with Crippen molar-refractivity contribution in [2.75, 3.05) is 26.2 Å². The number of nitrogens with zero attached hydrogens (tertiary/aromatic N) is 2. The normalized spacial score (nSPS) is 15.5. The lowest BCUT2D eigenvalue weighted by molar-refractivity contribution is -0.574. The summed E-state index contributed by atoms with van der Waals surface area (Å²) < 4.78 is 6.41. The van der Waals surface area contributed by atoms with Gasteiger partial charge in [0.25, 0.3) is 5.15 Å². The molecule has 22 heavy (non-hydrogen) atoms. The first-order valence-electron chi connectivity index (χ1n) is 7.51. The van der Waals surface area contributed by atoms with Gasteiger partial charge in [0.1, 0.15) is 5.75 Å². The van der Waals surface area contributed by atoms with Crippen LogP contribution in [0.1, 0.15) is 19.3 Å². The van der Waals surface area contributed by atoms with E-state index in [9.17, 15) is 5.21 Å². The van der Waals surface area contributed by atoms with Gasteiger partial charge in [-0.15, -0.1) is 0 Å². The molecule has 0 spiro atoms. The molecule has 0 radical (unpaired) electrons. The first-order chi connectivity index (χ1) is 10.6. The Morgan fingerprint density at radius 1 is 1.18 bits per heavy atom. The third-order valence-corrected chi connectivity index (χ3v) is 4.55. The number of pyridine rings is 1. The molecule has 0 saturated carbocycles. The maximum absolute atomic E-state index is 12.0. The highest BCUT2D eigenvalue weighted by Crippen LogP contribution is 2.27. The molecule has 1 aromatic carbocycles. The third kappa shape index (κ3) is 3.40. The smallest absolute Gasteiger partial charge is 0.288 e. The van der Waals surface area contributed by atoms with E-state index >= 15 is 0 Å². The van der Waals surface area contributed by atoms with Crippen molar-refractivity contribution in [3.05, 3.63) is 39.6 Å². The molecule has 3 rings (SSSR count). The monoisotopic (exact) mass is 340 g/mol. The molecule has 118 valence electrons. The summed E-state index contributed by atoms with van der Waals surface area (Å²) in [7, 11) is 0. The number of likely N-dealkylation sites (tertiary alicyclic amines) is 1. The van der Waals surface area contributed by atoms with Crippen LogP contribution in [-0.4, -0.2) is 31.1 Å². The second-order valence-electron chi connectivity index (χ2n) is 5.54. The van der Waals surface area contributed by atoms with Gasteiger partial charge in [-0.2, -0.15) is 4.73 Å². The van der Waals surface area contributed by atoms with Crippen LogP contribution in [0.5, 0.6) is 5.75 Å². The van der Waals surface area contributed by atoms with Gasteiger partial charge in [-0.1, -0.05) is 11.6 Å². The molecule has 4 nitrogen and oxygen atoms in total. The predicted octanol–water partition coefficient (Wildman–Crippen LogP) is 3.64. The van der Waals surface area contributed by atoms with Crippen LogP contribution in [0.2, 0.25) is 10.2 Å². The zero-order valence-electron chi connectivity index (χ0n) is 12.2. The molecule has 0 amide bonds. The van der Waals surface area contributed by atoms with Crippen molar-refractivity contribution < 1.29 is 9.47 Å².